The smallest absolute Gasteiger partial charge is 0.270 e. The second kappa shape index (κ2) is 9.16. The lowest BCUT2D eigenvalue weighted by molar-refractivity contribution is 0.0932. The summed E-state index contributed by atoms with van der Waals surface area (Å²) in [6, 6.07) is 12.9. The van der Waals surface area contributed by atoms with Gasteiger partial charge in [-0.2, -0.15) is 0 Å². The molecule has 0 saturated heterocycles. The minimum absolute atomic E-state index is 0.215. The van der Waals surface area contributed by atoms with Gasteiger partial charge in [-0.25, -0.2) is 4.98 Å². The summed E-state index contributed by atoms with van der Waals surface area (Å²) in [6.07, 6.45) is 5.00. The summed E-state index contributed by atoms with van der Waals surface area (Å²) in [5, 5.41) is 5.84. The molecule has 1 aromatic carbocycles. The van der Waals surface area contributed by atoms with Crippen LogP contribution in [-0.2, 0) is 6.42 Å². The first-order chi connectivity index (χ1) is 13.2. The Labute approximate surface area is 159 Å². The van der Waals surface area contributed by atoms with E-state index in [1.165, 1.54) is 0 Å². The molecular formula is C21H25N3O3. The lowest BCUT2D eigenvalue weighted by Crippen LogP contribution is -2.34. The highest BCUT2D eigenvalue weighted by Gasteiger charge is 2.19. The fourth-order valence-electron chi connectivity index (χ4n) is 3.26. The van der Waals surface area contributed by atoms with Gasteiger partial charge in [-0.05, 0) is 49.1 Å². The number of pyridine rings is 1. The first kappa shape index (κ1) is 18.9. The van der Waals surface area contributed by atoms with E-state index in [0.29, 0.717) is 13.0 Å². The zero-order valence-electron chi connectivity index (χ0n) is 15.5. The first-order valence-corrected chi connectivity index (χ1v) is 9.35. The summed E-state index contributed by atoms with van der Waals surface area (Å²) in [7, 11) is 1.63. The summed E-state index contributed by atoms with van der Waals surface area (Å²) in [4.78, 5) is 28.9. The van der Waals surface area contributed by atoms with Crippen molar-refractivity contribution >= 4 is 11.8 Å². The largest absolute Gasteiger partial charge is 0.497 e. The maximum Gasteiger partial charge on any atom is 0.270 e. The summed E-state index contributed by atoms with van der Waals surface area (Å²) in [5.74, 6) is 0.294. The van der Waals surface area contributed by atoms with E-state index in [-0.39, 0.29) is 29.2 Å². The lowest BCUT2D eigenvalue weighted by atomic mass is 10.1. The Hall–Kier alpha value is -2.89. The molecule has 142 valence electrons. The van der Waals surface area contributed by atoms with E-state index in [1.54, 1.807) is 25.3 Å². The molecule has 1 heterocycles. The molecule has 0 bridgehead atoms. The van der Waals surface area contributed by atoms with Crippen LogP contribution in [-0.4, -0.2) is 36.5 Å². The molecule has 1 aliphatic carbocycles. The van der Waals surface area contributed by atoms with E-state index in [9.17, 15) is 9.59 Å². The molecule has 3 rings (SSSR count). The van der Waals surface area contributed by atoms with Gasteiger partial charge in [0.25, 0.3) is 11.8 Å². The molecule has 0 radical (unpaired) electrons. The summed E-state index contributed by atoms with van der Waals surface area (Å²) < 4.78 is 5.20. The number of hydrogen-bond acceptors (Lipinski definition) is 4. The number of amides is 2. The Kier molecular flexibility index (Phi) is 6.41. The van der Waals surface area contributed by atoms with Crippen LogP contribution in [0, 0.1) is 0 Å². The van der Waals surface area contributed by atoms with Crippen molar-refractivity contribution in [1.29, 1.82) is 0 Å². The Morgan fingerprint density at radius 1 is 1.07 bits per heavy atom. The molecule has 1 aliphatic rings. The van der Waals surface area contributed by atoms with Gasteiger partial charge in [-0.15, -0.1) is 0 Å². The molecule has 0 unspecified atom stereocenters. The molecule has 0 aliphatic heterocycles. The second-order valence-corrected chi connectivity index (χ2v) is 6.72. The molecular weight excluding hydrogens is 342 g/mol. The minimum atomic E-state index is -0.284. The van der Waals surface area contributed by atoms with Gasteiger partial charge in [0.15, 0.2) is 0 Å². The maximum atomic E-state index is 12.3. The highest BCUT2D eigenvalue weighted by atomic mass is 16.5. The normalized spacial score (nSPS) is 14.0. The van der Waals surface area contributed by atoms with E-state index in [2.05, 4.69) is 15.6 Å². The standard InChI is InChI=1S/C21H25N3O3/c1-27-17-9-4-6-15(14-17)12-13-22-20(25)18-10-5-11-19(24-18)21(26)23-16-7-2-3-8-16/h4-6,9-11,14,16H,2-3,7-8,12-13H2,1H3,(H,22,25)(H,23,26). The van der Waals surface area contributed by atoms with Crippen molar-refractivity contribution in [1.82, 2.24) is 15.6 Å². The van der Waals surface area contributed by atoms with Crippen LogP contribution < -0.4 is 15.4 Å². The number of carbonyl (C=O) groups is 2. The van der Waals surface area contributed by atoms with Gasteiger partial charge in [-0.3, -0.25) is 9.59 Å². The number of rotatable bonds is 7. The third-order valence-electron chi connectivity index (χ3n) is 4.74. The van der Waals surface area contributed by atoms with Crippen molar-refractivity contribution in [3.63, 3.8) is 0 Å². The molecule has 2 aromatic rings. The van der Waals surface area contributed by atoms with Gasteiger partial charge in [0, 0.05) is 12.6 Å². The molecule has 0 spiro atoms. The Morgan fingerprint density at radius 2 is 1.78 bits per heavy atom. The predicted molar refractivity (Wildman–Crippen MR) is 103 cm³/mol. The fraction of sp³-hybridized carbons (Fsp3) is 0.381. The van der Waals surface area contributed by atoms with Crippen LogP contribution in [0.1, 0.15) is 52.2 Å². The van der Waals surface area contributed by atoms with E-state index >= 15 is 0 Å². The number of aromatic nitrogens is 1. The van der Waals surface area contributed by atoms with Gasteiger partial charge in [0.1, 0.15) is 17.1 Å². The number of ether oxygens (including phenoxy) is 1. The van der Waals surface area contributed by atoms with Gasteiger partial charge < -0.3 is 15.4 Å². The second-order valence-electron chi connectivity index (χ2n) is 6.72. The van der Waals surface area contributed by atoms with E-state index < -0.39 is 0 Å². The zero-order chi connectivity index (χ0) is 19.1. The molecule has 0 atom stereocenters. The highest BCUT2D eigenvalue weighted by Crippen LogP contribution is 2.18. The third kappa shape index (κ3) is 5.29. The first-order valence-electron chi connectivity index (χ1n) is 9.35. The average Bonchev–Trinajstić information content (AvgIpc) is 3.21. The quantitative estimate of drug-likeness (QED) is 0.789. The summed E-state index contributed by atoms with van der Waals surface area (Å²) >= 11 is 0. The molecule has 2 amide bonds. The van der Waals surface area contributed by atoms with Crippen LogP contribution in [0.4, 0.5) is 0 Å². The van der Waals surface area contributed by atoms with E-state index in [1.807, 2.05) is 24.3 Å². The average molecular weight is 367 g/mol. The minimum Gasteiger partial charge on any atom is -0.497 e. The van der Waals surface area contributed by atoms with Crippen LogP contribution in [0.25, 0.3) is 0 Å². The fourth-order valence-corrected chi connectivity index (χ4v) is 3.26. The van der Waals surface area contributed by atoms with Crippen molar-refractivity contribution in [3.8, 4) is 5.75 Å². The molecule has 1 fully saturated rings. The Bertz CT molecular complexity index is 801. The van der Waals surface area contributed by atoms with Crippen molar-refractivity contribution in [2.75, 3.05) is 13.7 Å². The summed E-state index contributed by atoms with van der Waals surface area (Å²) in [6.45, 7) is 0.478. The third-order valence-corrected chi connectivity index (χ3v) is 4.74. The molecule has 6 heteroatoms. The van der Waals surface area contributed by atoms with E-state index in [0.717, 1.165) is 37.0 Å². The topological polar surface area (TPSA) is 80.3 Å². The number of nitrogens with zero attached hydrogens (tertiary/aromatic N) is 1. The van der Waals surface area contributed by atoms with Crippen LogP contribution in [0.2, 0.25) is 0 Å². The van der Waals surface area contributed by atoms with E-state index in [4.69, 9.17) is 4.74 Å². The van der Waals surface area contributed by atoms with Crippen molar-refractivity contribution < 1.29 is 14.3 Å². The predicted octanol–water partition coefficient (Wildman–Crippen LogP) is 2.74. The maximum absolute atomic E-state index is 12.3. The number of methoxy groups -OCH3 is 1. The molecule has 27 heavy (non-hydrogen) atoms. The van der Waals surface area contributed by atoms with Crippen molar-refractivity contribution in [3.05, 3.63) is 59.4 Å². The van der Waals surface area contributed by atoms with Crippen LogP contribution in [0.15, 0.2) is 42.5 Å². The lowest BCUT2D eigenvalue weighted by Gasteiger charge is -2.12. The molecule has 6 nitrogen and oxygen atoms in total. The zero-order valence-corrected chi connectivity index (χ0v) is 15.5. The van der Waals surface area contributed by atoms with Gasteiger partial charge >= 0.3 is 0 Å². The molecule has 1 saturated carbocycles. The van der Waals surface area contributed by atoms with Gasteiger partial charge in [0.05, 0.1) is 7.11 Å². The highest BCUT2D eigenvalue weighted by molar-refractivity contribution is 5.96. The van der Waals surface area contributed by atoms with Crippen LogP contribution in [0.5, 0.6) is 5.75 Å². The van der Waals surface area contributed by atoms with Crippen LogP contribution in [0.3, 0.4) is 0 Å². The SMILES string of the molecule is COc1cccc(CCNC(=O)c2cccc(C(=O)NC3CCCC3)n2)c1. The molecule has 1 aromatic heterocycles. The Morgan fingerprint density at radius 3 is 2.52 bits per heavy atom. The summed E-state index contributed by atoms with van der Waals surface area (Å²) in [5.41, 5.74) is 1.61. The van der Waals surface area contributed by atoms with Gasteiger partial charge in [0.2, 0.25) is 0 Å². The van der Waals surface area contributed by atoms with Gasteiger partial charge in [-0.1, -0.05) is 31.0 Å². The molecule has 2 N–H and O–H groups in total. The monoisotopic (exact) mass is 367 g/mol. The number of carbonyl (C=O) groups excluding carboxylic acids is 2. The Balaban J connectivity index is 1.54. The van der Waals surface area contributed by atoms with Crippen LogP contribution >= 0.6 is 0 Å². The van der Waals surface area contributed by atoms with Crippen molar-refractivity contribution in [2.24, 2.45) is 0 Å². The number of benzene rings is 1. The number of nitrogens with one attached hydrogen (secondary N) is 2. The van der Waals surface area contributed by atoms with Crippen molar-refractivity contribution in [2.45, 2.75) is 38.1 Å². The number of hydrogen-bond donors (Lipinski definition) is 2.